The predicted molar refractivity (Wildman–Crippen MR) is 70.2 cm³/mol. The van der Waals surface area contributed by atoms with E-state index in [9.17, 15) is 15.2 Å². The van der Waals surface area contributed by atoms with Gasteiger partial charge in [0.05, 0.1) is 12.0 Å². The van der Waals surface area contributed by atoms with Crippen LogP contribution in [0.5, 0.6) is 5.75 Å². The molecule has 0 aromatic heterocycles. The summed E-state index contributed by atoms with van der Waals surface area (Å²) in [5.74, 6) is 0.651. The highest BCUT2D eigenvalue weighted by molar-refractivity contribution is 5.39. The van der Waals surface area contributed by atoms with E-state index < -0.39 is 11.0 Å². The number of nitrogens with zero attached hydrogens (tertiary/aromatic N) is 1. The molecule has 0 saturated carbocycles. The Kier molecular flexibility index (Phi) is 3.77. The number of hydrogen-bond acceptors (Lipinski definition) is 4. The maximum absolute atomic E-state index is 10.6. The fourth-order valence-corrected chi connectivity index (χ4v) is 1.78. The molecule has 2 aromatic carbocycles. The molecule has 5 nitrogen and oxygen atoms in total. The van der Waals surface area contributed by atoms with Gasteiger partial charge in [0.15, 0.2) is 0 Å². The van der Waals surface area contributed by atoms with Gasteiger partial charge in [-0.15, -0.1) is 0 Å². The summed E-state index contributed by atoms with van der Waals surface area (Å²) < 4.78 is 5.09. The molecule has 0 aliphatic carbocycles. The molecule has 0 radical (unpaired) electrons. The highest BCUT2D eigenvalue weighted by Crippen LogP contribution is 2.26. The van der Waals surface area contributed by atoms with Gasteiger partial charge in [0.1, 0.15) is 11.9 Å². The Morgan fingerprint density at radius 3 is 2.42 bits per heavy atom. The van der Waals surface area contributed by atoms with Crippen LogP contribution < -0.4 is 4.74 Å². The zero-order chi connectivity index (χ0) is 13.8. The standard InChI is InChI=1S/C14H13NO4/c1-19-13-4-2-3-11(9-13)14(16)10-5-7-12(8-6-10)15(17)18/h2-9,14,16H,1H3. The molecule has 1 atom stereocenters. The monoisotopic (exact) mass is 259 g/mol. The Labute approximate surface area is 110 Å². The molecule has 0 aliphatic heterocycles. The number of hydrogen-bond donors (Lipinski definition) is 1. The van der Waals surface area contributed by atoms with Crippen LogP contribution in [0.4, 0.5) is 5.69 Å². The molecule has 1 N–H and O–H groups in total. The minimum Gasteiger partial charge on any atom is -0.497 e. The summed E-state index contributed by atoms with van der Waals surface area (Å²) in [7, 11) is 1.55. The molecule has 0 saturated heterocycles. The van der Waals surface area contributed by atoms with Gasteiger partial charge in [0.25, 0.3) is 5.69 Å². The van der Waals surface area contributed by atoms with Crippen molar-refractivity contribution in [1.29, 1.82) is 0 Å². The highest BCUT2D eigenvalue weighted by atomic mass is 16.6. The van der Waals surface area contributed by atoms with E-state index in [0.717, 1.165) is 0 Å². The summed E-state index contributed by atoms with van der Waals surface area (Å²) in [6.07, 6.45) is -0.837. The number of nitro benzene ring substituents is 1. The topological polar surface area (TPSA) is 72.6 Å². The van der Waals surface area contributed by atoms with E-state index in [1.165, 1.54) is 12.1 Å². The average molecular weight is 259 g/mol. The van der Waals surface area contributed by atoms with E-state index in [1.807, 2.05) is 0 Å². The van der Waals surface area contributed by atoms with E-state index in [4.69, 9.17) is 4.74 Å². The van der Waals surface area contributed by atoms with Gasteiger partial charge in [0.2, 0.25) is 0 Å². The molecule has 98 valence electrons. The third kappa shape index (κ3) is 2.89. The summed E-state index contributed by atoms with van der Waals surface area (Å²) in [5, 5.41) is 20.8. The van der Waals surface area contributed by atoms with E-state index in [0.29, 0.717) is 16.9 Å². The molecule has 19 heavy (non-hydrogen) atoms. The van der Waals surface area contributed by atoms with Crippen LogP contribution in [0.2, 0.25) is 0 Å². The first kappa shape index (κ1) is 13.0. The lowest BCUT2D eigenvalue weighted by Gasteiger charge is -2.12. The lowest BCUT2D eigenvalue weighted by molar-refractivity contribution is -0.384. The molecule has 0 bridgehead atoms. The molecule has 0 spiro atoms. The minimum atomic E-state index is -0.837. The van der Waals surface area contributed by atoms with Gasteiger partial charge in [-0.3, -0.25) is 10.1 Å². The first-order valence-electron chi connectivity index (χ1n) is 5.68. The third-order valence-electron chi connectivity index (χ3n) is 2.83. The number of rotatable bonds is 4. The van der Waals surface area contributed by atoms with Crippen molar-refractivity contribution >= 4 is 5.69 Å². The van der Waals surface area contributed by atoms with Gasteiger partial charge in [-0.1, -0.05) is 12.1 Å². The van der Waals surface area contributed by atoms with Crippen LogP contribution in [-0.4, -0.2) is 17.1 Å². The maximum Gasteiger partial charge on any atom is 0.269 e. The van der Waals surface area contributed by atoms with Gasteiger partial charge < -0.3 is 9.84 Å². The highest BCUT2D eigenvalue weighted by Gasteiger charge is 2.13. The normalized spacial score (nSPS) is 11.9. The van der Waals surface area contributed by atoms with Crippen molar-refractivity contribution < 1.29 is 14.8 Å². The van der Waals surface area contributed by atoms with E-state index >= 15 is 0 Å². The summed E-state index contributed by atoms with van der Waals surface area (Å²) in [6.45, 7) is 0. The van der Waals surface area contributed by atoms with Crippen molar-refractivity contribution in [2.45, 2.75) is 6.10 Å². The summed E-state index contributed by atoms with van der Waals surface area (Å²) in [5.41, 5.74) is 1.27. The fourth-order valence-electron chi connectivity index (χ4n) is 1.78. The van der Waals surface area contributed by atoms with E-state index in [2.05, 4.69) is 0 Å². The number of non-ortho nitro benzene ring substituents is 1. The van der Waals surface area contributed by atoms with Crippen LogP contribution in [-0.2, 0) is 0 Å². The average Bonchev–Trinajstić information content (AvgIpc) is 2.46. The molecule has 0 fully saturated rings. The Morgan fingerprint density at radius 1 is 1.16 bits per heavy atom. The smallest absolute Gasteiger partial charge is 0.269 e. The molecular weight excluding hydrogens is 246 g/mol. The number of nitro groups is 1. The molecule has 2 aromatic rings. The Balaban J connectivity index is 2.27. The van der Waals surface area contributed by atoms with Gasteiger partial charge >= 0.3 is 0 Å². The molecule has 0 aliphatic rings. The van der Waals surface area contributed by atoms with Crippen LogP contribution in [0.15, 0.2) is 48.5 Å². The van der Waals surface area contributed by atoms with Crippen LogP contribution in [0.3, 0.4) is 0 Å². The van der Waals surface area contributed by atoms with E-state index in [-0.39, 0.29) is 5.69 Å². The Hall–Kier alpha value is -2.40. The third-order valence-corrected chi connectivity index (χ3v) is 2.83. The zero-order valence-electron chi connectivity index (χ0n) is 10.3. The van der Waals surface area contributed by atoms with Crippen LogP contribution in [0.25, 0.3) is 0 Å². The lowest BCUT2D eigenvalue weighted by Crippen LogP contribution is -2.00. The van der Waals surface area contributed by atoms with Gasteiger partial charge in [0, 0.05) is 12.1 Å². The van der Waals surface area contributed by atoms with Crippen molar-refractivity contribution in [2.24, 2.45) is 0 Å². The molecule has 2 rings (SSSR count). The van der Waals surface area contributed by atoms with Gasteiger partial charge in [-0.2, -0.15) is 0 Å². The molecule has 0 heterocycles. The second kappa shape index (κ2) is 5.49. The zero-order valence-corrected chi connectivity index (χ0v) is 10.3. The van der Waals surface area contributed by atoms with E-state index in [1.54, 1.807) is 43.5 Å². The minimum absolute atomic E-state index is 0.00147. The predicted octanol–water partition coefficient (Wildman–Crippen LogP) is 2.69. The summed E-state index contributed by atoms with van der Waals surface area (Å²) in [6, 6.07) is 12.9. The van der Waals surface area contributed by atoms with Crippen molar-refractivity contribution in [3.8, 4) is 5.75 Å². The summed E-state index contributed by atoms with van der Waals surface area (Å²) in [4.78, 5) is 10.1. The van der Waals surface area contributed by atoms with Gasteiger partial charge in [-0.25, -0.2) is 0 Å². The second-order valence-electron chi connectivity index (χ2n) is 4.03. The number of methoxy groups -OCH3 is 1. The van der Waals surface area contributed by atoms with Crippen LogP contribution in [0.1, 0.15) is 17.2 Å². The Bertz CT molecular complexity index is 580. The van der Waals surface area contributed by atoms with Crippen LogP contribution in [0, 0.1) is 10.1 Å². The number of benzene rings is 2. The SMILES string of the molecule is COc1cccc(C(O)c2ccc([N+](=O)[O-])cc2)c1. The molecule has 0 amide bonds. The van der Waals surface area contributed by atoms with Crippen molar-refractivity contribution in [3.05, 3.63) is 69.8 Å². The van der Waals surface area contributed by atoms with Gasteiger partial charge in [-0.05, 0) is 35.4 Å². The number of aliphatic hydroxyl groups is 1. The van der Waals surface area contributed by atoms with Crippen LogP contribution >= 0.6 is 0 Å². The number of ether oxygens (including phenoxy) is 1. The lowest BCUT2D eigenvalue weighted by atomic mass is 10.0. The van der Waals surface area contributed by atoms with Crippen molar-refractivity contribution in [2.75, 3.05) is 7.11 Å². The van der Waals surface area contributed by atoms with Crippen molar-refractivity contribution in [3.63, 3.8) is 0 Å². The second-order valence-corrected chi connectivity index (χ2v) is 4.03. The van der Waals surface area contributed by atoms with Crippen molar-refractivity contribution in [1.82, 2.24) is 0 Å². The largest absolute Gasteiger partial charge is 0.497 e. The first-order valence-corrected chi connectivity index (χ1v) is 5.68. The molecular formula is C14H13NO4. The fraction of sp³-hybridized carbons (Fsp3) is 0.143. The molecule has 1 unspecified atom stereocenters. The Morgan fingerprint density at radius 2 is 1.84 bits per heavy atom. The quantitative estimate of drug-likeness (QED) is 0.676. The summed E-state index contributed by atoms with van der Waals surface area (Å²) >= 11 is 0. The maximum atomic E-state index is 10.6. The number of aliphatic hydroxyl groups excluding tert-OH is 1. The first-order chi connectivity index (χ1) is 9.11. The molecule has 5 heteroatoms.